The van der Waals surface area contributed by atoms with E-state index in [9.17, 15) is 4.79 Å². The molecule has 0 unspecified atom stereocenters. The molecule has 0 radical (unpaired) electrons. The van der Waals surface area contributed by atoms with Crippen molar-refractivity contribution in [2.24, 2.45) is 0 Å². The van der Waals surface area contributed by atoms with Gasteiger partial charge in [0.05, 0.1) is 33.6 Å². The fraction of sp³-hybridized carbons (Fsp3) is 0.474. The number of nitrogens with one attached hydrogen (secondary N) is 2. The summed E-state index contributed by atoms with van der Waals surface area (Å²) in [5.41, 5.74) is 1.55. The fourth-order valence-corrected chi connectivity index (χ4v) is 3.27. The average molecular weight is 374 g/mol. The number of anilines is 1. The van der Waals surface area contributed by atoms with Crippen molar-refractivity contribution >= 4 is 11.7 Å². The van der Waals surface area contributed by atoms with E-state index in [0.29, 0.717) is 29.6 Å². The molecule has 0 saturated carbocycles. The maximum Gasteiger partial charge on any atom is 0.239 e. The van der Waals surface area contributed by atoms with Crippen molar-refractivity contribution in [3.05, 3.63) is 18.2 Å². The van der Waals surface area contributed by atoms with Crippen LogP contribution < -0.4 is 19.5 Å². The number of hydrogen-bond acceptors (Lipinski definition) is 6. The van der Waals surface area contributed by atoms with Gasteiger partial charge in [-0.1, -0.05) is 6.42 Å². The Labute approximate surface area is 158 Å². The molecule has 2 N–H and O–H groups in total. The van der Waals surface area contributed by atoms with Crippen molar-refractivity contribution in [1.82, 2.24) is 15.1 Å². The standard InChI is InChI=1S/C19H26N4O4/c1-25-15-9-13(10-16(26-2)19(15)27-3)14-11-17(22-21-14)20-18(24)12-23-7-5-4-6-8-23/h9-11H,4-8,12H2,1-3H3,(H2,20,21,22,24). The van der Waals surface area contributed by atoms with Crippen molar-refractivity contribution < 1.29 is 19.0 Å². The van der Waals surface area contributed by atoms with Crippen LogP contribution in [0.15, 0.2) is 18.2 Å². The molecule has 27 heavy (non-hydrogen) atoms. The summed E-state index contributed by atoms with van der Waals surface area (Å²) in [5.74, 6) is 2.06. The first-order valence-electron chi connectivity index (χ1n) is 9.02. The number of likely N-dealkylation sites (tertiary alicyclic amines) is 1. The molecule has 146 valence electrons. The van der Waals surface area contributed by atoms with Crippen molar-refractivity contribution in [2.75, 3.05) is 46.3 Å². The molecule has 0 aliphatic carbocycles. The van der Waals surface area contributed by atoms with Crippen molar-refractivity contribution in [3.8, 4) is 28.5 Å². The molecule has 1 saturated heterocycles. The number of carbonyl (C=O) groups excluding carboxylic acids is 1. The molecule has 1 amide bonds. The van der Waals surface area contributed by atoms with Gasteiger partial charge in [0.1, 0.15) is 0 Å². The molecular weight excluding hydrogens is 348 g/mol. The van der Waals surface area contributed by atoms with E-state index < -0.39 is 0 Å². The lowest BCUT2D eigenvalue weighted by Crippen LogP contribution is -2.36. The predicted octanol–water partition coefficient (Wildman–Crippen LogP) is 2.53. The van der Waals surface area contributed by atoms with Gasteiger partial charge in [0.2, 0.25) is 11.7 Å². The van der Waals surface area contributed by atoms with E-state index in [0.717, 1.165) is 37.2 Å². The minimum atomic E-state index is -0.0557. The first kappa shape index (κ1) is 19.0. The maximum absolute atomic E-state index is 12.2. The number of ether oxygens (including phenoxy) is 3. The summed E-state index contributed by atoms with van der Waals surface area (Å²) in [5, 5.41) is 9.98. The number of carbonyl (C=O) groups is 1. The van der Waals surface area contributed by atoms with Crippen LogP contribution in [0, 0.1) is 0 Å². The molecule has 0 bridgehead atoms. The largest absolute Gasteiger partial charge is 0.493 e. The van der Waals surface area contributed by atoms with Gasteiger partial charge in [-0.2, -0.15) is 5.10 Å². The van der Waals surface area contributed by atoms with E-state index >= 15 is 0 Å². The molecule has 1 fully saturated rings. The zero-order chi connectivity index (χ0) is 19.2. The molecule has 2 heterocycles. The molecule has 1 aromatic carbocycles. The smallest absolute Gasteiger partial charge is 0.239 e. The quantitative estimate of drug-likeness (QED) is 0.774. The van der Waals surface area contributed by atoms with Gasteiger partial charge in [-0.05, 0) is 38.1 Å². The Bertz CT molecular complexity index is 759. The molecule has 8 heteroatoms. The van der Waals surface area contributed by atoms with Crippen LogP contribution >= 0.6 is 0 Å². The van der Waals surface area contributed by atoms with Crippen LogP contribution in [-0.2, 0) is 4.79 Å². The molecule has 0 atom stereocenters. The third kappa shape index (κ3) is 4.51. The highest BCUT2D eigenvalue weighted by molar-refractivity contribution is 5.92. The van der Waals surface area contributed by atoms with Crippen LogP contribution in [0.2, 0.25) is 0 Å². The van der Waals surface area contributed by atoms with Gasteiger partial charge >= 0.3 is 0 Å². The topological polar surface area (TPSA) is 88.7 Å². The van der Waals surface area contributed by atoms with Crippen molar-refractivity contribution in [3.63, 3.8) is 0 Å². The Balaban J connectivity index is 1.72. The number of rotatable bonds is 7. The number of benzene rings is 1. The van der Waals surface area contributed by atoms with Gasteiger partial charge in [0.15, 0.2) is 17.3 Å². The van der Waals surface area contributed by atoms with Gasteiger partial charge in [0, 0.05) is 11.6 Å². The lowest BCUT2D eigenvalue weighted by Gasteiger charge is -2.25. The van der Waals surface area contributed by atoms with E-state index in [1.165, 1.54) is 6.42 Å². The maximum atomic E-state index is 12.2. The molecule has 1 aliphatic heterocycles. The third-order valence-electron chi connectivity index (χ3n) is 4.64. The van der Waals surface area contributed by atoms with Gasteiger partial charge in [-0.25, -0.2) is 0 Å². The Morgan fingerprint density at radius 2 is 1.74 bits per heavy atom. The zero-order valence-electron chi connectivity index (χ0n) is 16.0. The van der Waals surface area contributed by atoms with E-state index in [2.05, 4.69) is 20.4 Å². The zero-order valence-corrected chi connectivity index (χ0v) is 16.0. The van der Waals surface area contributed by atoms with Gasteiger partial charge in [0.25, 0.3) is 0 Å². The van der Waals surface area contributed by atoms with Gasteiger partial charge in [-0.3, -0.25) is 14.8 Å². The van der Waals surface area contributed by atoms with Crippen molar-refractivity contribution in [2.45, 2.75) is 19.3 Å². The highest BCUT2D eigenvalue weighted by Gasteiger charge is 2.17. The Kier molecular flexibility index (Phi) is 6.18. The number of amides is 1. The first-order valence-corrected chi connectivity index (χ1v) is 9.02. The van der Waals surface area contributed by atoms with Crippen molar-refractivity contribution in [1.29, 1.82) is 0 Å². The monoisotopic (exact) mass is 374 g/mol. The number of H-pyrrole nitrogens is 1. The molecule has 8 nitrogen and oxygen atoms in total. The second-order valence-electron chi connectivity index (χ2n) is 6.47. The summed E-state index contributed by atoms with van der Waals surface area (Å²) in [6, 6.07) is 5.44. The minimum Gasteiger partial charge on any atom is -0.493 e. The lowest BCUT2D eigenvalue weighted by molar-refractivity contribution is -0.117. The summed E-state index contributed by atoms with van der Waals surface area (Å²) in [6.07, 6.45) is 3.55. The second-order valence-corrected chi connectivity index (χ2v) is 6.47. The van der Waals surface area contributed by atoms with Crippen LogP contribution in [0.25, 0.3) is 11.3 Å². The summed E-state index contributed by atoms with van der Waals surface area (Å²) >= 11 is 0. The number of methoxy groups -OCH3 is 3. The molecule has 1 aliphatic rings. The molecule has 3 rings (SSSR count). The van der Waals surface area contributed by atoms with Crippen LogP contribution in [-0.4, -0.2) is 62.0 Å². The van der Waals surface area contributed by atoms with Crippen LogP contribution in [0.5, 0.6) is 17.2 Å². The molecule has 0 spiro atoms. The Morgan fingerprint density at radius 1 is 1.07 bits per heavy atom. The summed E-state index contributed by atoms with van der Waals surface area (Å²) < 4.78 is 16.1. The average Bonchev–Trinajstić information content (AvgIpc) is 3.15. The first-order chi connectivity index (χ1) is 13.1. The number of aromatic nitrogens is 2. The van der Waals surface area contributed by atoms with E-state index in [-0.39, 0.29) is 5.91 Å². The summed E-state index contributed by atoms with van der Waals surface area (Å²) in [6.45, 7) is 2.35. The molecule has 1 aromatic heterocycles. The minimum absolute atomic E-state index is 0.0557. The van der Waals surface area contributed by atoms with Crippen LogP contribution in [0.1, 0.15) is 19.3 Å². The lowest BCUT2D eigenvalue weighted by atomic mass is 10.1. The summed E-state index contributed by atoms with van der Waals surface area (Å²) in [4.78, 5) is 14.4. The highest BCUT2D eigenvalue weighted by atomic mass is 16.5. The summed E-state index contributed by atoms with van der Waals surface area (Å²) in [7, 11) is 4.70. The normalized spacial score (nSPS) is 14.6. The SMILES string of the molecule is COc1cc(-c2cc(NC(=O)CN3CCCCC3)n[nH]2)cc(OC)c1OC. The highest BCUT2D eigenvalue weighted by Crippen LogP contribution is 2.41. The van der Waals surface area contributed by atoms with E-state index in [4.69, 9.17) is 14.2 Å². The predicted molar refractivity (Wildman–Crippen MR) is 103 cm³/mol. The second kappa shape index (κ2) is 8.77. The Morgan fingerprint density at radius 3 is 2.33 bits per heavy atom. The molecular formula is C19H26N4O4. The third-order valence-corrected chi connectivity index (χ3v) is 4.64. The fourth-order valence-electron chi connectivity index (χ4n) is 3.27. The number of hydrogen-bond donors (Lipinski definition) is 2. The number of aromatic amines is 1. The van der Waals surface area contributed by atoms with Gasteiger partial charge < -0.3 is 19.5 Å². The molecule has 2 aromatic rings. The van der Waals surface area contributed by atoms with E-state index in [1.807, 2.05) is 12.1 Å². The Hall–Kier alpha value is -2.74. The van der Waals surface area contributed by atoms with E-state index in [1.54, 1.807) is 27.4 Å². The van der Waals surface area contributed by atoms with Crippen LogP contribution in [0.3, 0.4) is 0 Å². The number of piperidine rings is 1. The number of nitrogens with zero attached hydrogens (tertiary/aromatic N) is 2. The van der Waals surface area contributed by atoms with Crippen LogP contribution in [0.4, 0.5) is 5.82 Å². The van der Waals surface area contributed by atoms with Gasteiger partial charge in [-0.15, -0.1) is 0 Å².